The van der Waals surface area contributed by atoms with Crippen molar-refractivity contribution in [2.75, 3.05) is 25.5 Å². The lowest BCUT2D eigenvalue weighted by Gasteiger charge is -2.07. The summed E-state index contributed by atoms with van der Waals surface area (Å²) in [7, 11) is 1.85. The average Bonchev–Trinajstić information content (AvgIpc) is 2.22. The Morgan fingerprint density at radius 2 is 1.87 bits per heavy atom. The summed E-state index contributed by atoms with van der Waals surface area (Å²) in [6, 6.07) is 7.51. The lowest BCUT2D eigenvalue weighted by Crippen LogP contribution is -2.33. The van der Waals surface area contributed by atoms with Crippen LogP contribution in [0.15, 0.2) is 24.3 Å². The number of hydrogen-bond donors (Lipinski definition) is 3. The molecule has 2 amide bonds. The molecule has 0 atom stereocenters. The lowest BCUT2D eigenvalue weighted by atomic mass is 10.2. The first kappa shape index (κ1) is 11.5. The molecule has 0 heterocycles. The zero-order valence-electron chi connectivity index (χ0n) is 9.13. The van der Waals surface area contributed by atoms with Crippen molar-refractivity contribution >= 4 is 11.7 Å². The molecule has 0 saturated carbocycles. The molecule has 0 fully saturated rings. The first-order chi connectivity index (χ1) is 7.22. The fraction of sp³-hybridized carbons (Fsp3) is 0.364. The number of urea groups is 1. The van der Waals surface area contributed by atoms with E-state index >= 15 is 0 Å². The molecule has 0 unspecified atom stereocenters. The lowest BCUT2D eigenvalue weighted by molar-refractivity contribution is 0.252. The number of amides is 2. The van der Waals surface area contributed by atoms with Crippen molar-refractivity contribution in [3.05, 3.63) is 29.8 Å². The fourth-order valence-electron chi connectivity index (χ4n) is 1.11. The van der Waals surface area contributed by atoms with Crippen molar-refractivity contribution in [1.82, 2.24) is 10.6 Å². The Kier molecular flexibility index (Phi) is 4.63. The summed E-state index contributed by atoms with van der Waals surface area (Å²) in [6.45, 7) is 3.40. The van der Waals surface area contributed by atoms with Crippen LogP contribution in [-0.2, 0) is 0 Å². The van der Waals surface area contributed by atoms with Gasteiger partial charge in [-0.3, -0.25) is 0 Å². The third-order valence-electron chi connectivity index (χ3n) is 1.97. The second kappa shape index (κ2) is 6.03. The van der Waals surface area contributed by atoms with Gasteiger partial charge in [-0.15, -0.1) is 0 Å². The molecular weight excluding hydrogens is 190 g/mol. The Hall–Kier alpha value is -1.55. The van der Waals surface area contributed by atoms with Crippen LogP contribution < -0.4 is 16.0 Å². The highest BCUT2D eigenvalue weighted by Crippen LogP contribution is 2.07. The molecule has 0 radical (unpaired) electrons. The summed E-state index contributed by atoms with van der Waals surface area (Å²) in [5, 5.41) is 8.44. The molecule has 15 heavy (non-hydrogen) atoms. The van der Waals surface area contributed by atoms with Gasteiger partial charge in [-0.1, -0.05) is 17.7 Å². The molecule has 1 aromatic carbocycles. The van der Waals surface area contributed by atoms with E-state index in [4.69, 9.17) is 0 Å². The van der Waals surface area contributed by atoms with Crippen molar-refractivity contribution in [2.45, 2.75) is 6.92 Å². The molecule has 0 spiro atoms. The van der Waals surface area contributed by atoms with Crippen LogP contribution in [-0.4, -0.2) is 26.2 Å². The summed E-state index contributed by atoms with van der Waals surface area (Å²) < 4.78 is 0. The SMILES string of the molecule is CNCCNC(=O)Nc1ccc(C)cc1. The number of benzene rings is 1. The van der Waals surface area contributed by atoms with Crippen molar-refractivity contribution < 1.29 is 4.79 Å². The predicted molar refractivity (Wildman–Crippen MR) is 62.1 cm³/mol. The monoisotopic (exact) mass is 207 g/mol. The molecule has 0 saturated heterocycles. The minimum Gasteiger partial charge on any atom is -0.337 e. The van der Waals surface area contributed by atoms with Gasteiger partial charge >= 0.3 is 6.03 Å². The van der Waals surface area contributed by atoms with Gasteiger partial charge in [0.2, 0.25) is 0 Å². The largest absolute Gasteiger partial charge is 0.337 e. The summed E-state index contributed by atoms with van der Waals surface area (Å²) in [4.78, 5) is 11.3. The van der Waals surface area contributed by atoms with Crippen molar-refractivity contribution in [1.29, 1.82) is 0 Å². The van der Waals surface area contributed by atoms with Gasteiger partial charge in [0.1, 0.15) is 0 Å². The quantitative estimate of drug-likeness (QED) is 0.652. The van der Waals surface area contributed by atoms with E-state index in [1.54, 1.807) is 0 Å². The molecule has 0 aliphatic carbocycles. The summed E-state index contributed by atoms with van der Waals surface area (Å²) in [5.74, 6) is 0. The van der Waals surface area contributed by atoms with Crippen LogP contribution in [0.5, 0.6) is 0 Å². The van der Waals surface area contributed by atoms with Gasteiger partial charge in [-0.25, -0.2) is 4.79 Å². The Bertz CT molecular complexity index is 308. The van der Waals surface area contributed by atoms with E-state index in [1.807, 2.05) is 38.2 Å². The van der Waals surface area contributed by atoms with Crippen molar-refractivity contribution in [2.24, 2.45) is 0 Å². The van der Waals surface area contributed by atoms with Crippen LogP contribution in [0.2, 0.25) is 0 Å². The minimum atomic E-state index is -0.172. The van der Waals surface area contributed by atoms with E-state index in [1.165, 1.54) is 5.56 Å². The number of aryl methyl sites for hydroxylation is 1. The van der Waals surface area contributed by atoms with Gasteiger partial charge < -0.3 is 16.0 Å². The topological polar surface area (TPSA) is 53.2 Å². The number of carbonyl (C=O) groups excluding carboxylic acids is 1. The van der Waals surface area contributed by atoms with Crippen LogP contribution in [0, 0.1) is 6.92 Å². The number of carbonyl (C=O) groups is 1. The van der Waals surface area contributed by atoms with Crippen LogP contribution in [0.3, 0.4) is 0 Å². The molecule has 0 aliphatic rings. The maximum Gasteiger partial charge on any atom is 0.319 e. The highest BCUT2D eigenvalue weighted by atomic mass is 16.2. The Labute approximate surface area is 90.1 Å². The molecule has 1 rings (SSSR count). The molecule has 4 heteroatoms. The summed E-state index contributed by atoms with van der Waals surface area (Å²) >= 11 is 0. The number of likely N-dealkylation sites (N-methyl/N-ethyl adjacent to an activating group) is 1. The van der Waals surface area contributed by atoms with Crippen LogP contribution in [0.1, 0.15) is 5.56 Å². The molecule has 0 bridgehead atoms. The van der Waals surface area contributed by atoms with E-state index < -0.39 is 0 Å². The third-order valence-corrected chi connectivity index (χ3v) is 1.97. The van der Waals surface area contributed by atoms with Crippen LogP contribution in [0.4, 0.5) is 10.5 Å². The minimum absolute atomic E-state index is 0.172. The van der Waals surface area contributed by atoms with Crippen molar-refractivity contribution in [3.63, 3.8) is 0 Å². The van der Waals surface area contributed by atoms with E-state index in [-0.39, 0.29) is 6.03 Å². The zero-order valence-corrected chi connectivity index (χ0v) is 9.13. The normalized spacial score (nSPS) is 9.73. The third kappa shape index (κ3) is 4.46. The van der Waals surface area contributed by atoms with Gasteiger partial charge in [-0.2, -0.15) is 0 Å². The van der Waals surface area contributed by atoms with Crippen LogP contribution >= 0.6 is 0 Å². The molecule has 0 aromatic heterocycles. The summed E-state index contributed by atoms with van der Waals surface area (Å²) in [5.41, 5.74) is 1.98. The Balaban J connectivity index is 2.34. The Morgan fingerprint density at radius 3 is 2.47 bits per heavy atom. The zero-order chi connectivity index (χ0) is 11.1. The van der Waals surface area contributed by atoms with E-state index in [0.29, 0.717) is 6.54 Å². The van der Waals surface area contributed by atoms with Gasteiger partial charge in [-0.05, 0) is 26.1 Å². The molecule has 1 aromatic rings. The highest BCUT2D eigenvalue weighted by Gasteiger charge is 1.99. The van der Waals surface area contributed by atoms with Crippen LogP contribution in [0.25, 0.3) is 0 Å². The highest BCUT2D eigenvalue weighted by molar-refractivity contribution is 5.89. The van der Waals surface area contributed by atoms with Crippen molar-refractivity contribution in [3.8, 4) is 0 Å². The van der Waals surface area contributed by atoms with Gasteiger partial charge in [0.15, 0.2) is 0 Å². The standard InChI is InChI=1S/C11H17N3O/c1-9-3-5-10(6-4-9)14-11(15)13-8-7-12-2/h3-6,12H,7-8H2,1-2H3,(H2,13,14,15). The van der Waals surface area contributed by atoms with Gasteiger partial charge in [0, 0.05) is 18.8 Å². The first-order valence-electron chi connectivity index (χ1n) is 4.98. The first-order valence-corrected chi connectivity index (χ1v) is 4.98. The molecule has 0 aliphatic heterocycles. The smallest absolute Gasteiger partial charge is 0.319 e. The summed E-state index contributed by atoms with van der Waals surface area (Å²) in [6.07, 6.45) is 0. The van der Waals surface area contributed by atoms with E-state index in [9.17, 15) is 4.79 Å². The van der Waals surface area contributed by atoms with E-state index in [0.717, 1.165) is 12.2 Å². The number of nitrogens with one attached hydrogen (secondary N) is 3. The second-order valence-electron chi connectivity index (χ2n) is 3.35. The maximum atomic E-state index is 11.3. The average molecular weight is 207 g/mol. The molecule has 4 nitrogen and oxygen atoms in total. The number of rotatable bonds is 4. The molecule has 3 N–H and O–H groups in total. The van der Waals surface area contributed by atoms with E-state index in [2.05, 4.69) is 16.0 Å². The predicted octanol–water partition coefficient (Wildman–Crippen LogP) is 1.34. The molecular formula is C11H17N3O. The molecule has 82 valence electrons. The number of hydrogen-bond acceptors (Lipinski definition) is 2. The second-order valence-corrected chi connectivity index (χ2v) is 3.35. The van der Waals surface area contributed by atoms with Gasteiger partial charge in [0.05, 0.1) is 0 Å². The van der Waals surface area contributed by atoms with Gasteiger partial charge in [0.25, 0.3) is 0 Å². The Morgan fingerprint density at radius 1 is 1.20 bits per heavy atom. The number of anilines is 1. The fourth-order valence-corrected chi connectivity index (χ4v) is 1.11. The maximum absolute atomic E-state index is 11.3.